The number of amides is 2. The van der Waals surface area contributed by atoms with Gasteiger partial charge in [-0.05, 0) is 36.2 Å². The molecule has 0 bridgehead atoms. The number of anilines is 1. The van der Waals surface area contributed by atoms with Crippen LogP contribution in [0.2, 0.25) is 0 Å². The Morgan fingerprint density at radius 1 is 1.20 bits per heavy atom. The maximum absolute atomic E-state index is 11.7. The van der Waals surface area contributed by atoms with Gasteiger partial charge in [-0.1, -0.05) is 19.1 Å². The summed E-state index contributed by atoms with van der Waals surface area (Å²) in [5, 5.41) is 5.22. The molecule has 0 saturated carbocycles. The highest BCUT2D eigenvalue weighted by atomic mass is 16.3. The molecule has 0 aliphatic rings. The third-order valence-corrected chi connectivity index (χ3v) is 2.77. The highest BCUT2D eigenvalue weighted by Crippen LogP contribution is 2.10. The van der Waals surface area contributed by atoms with E-state index in [4.69, 9.17) is 4.42 Å². The number of hydrogen-bond acceptors (Lipinski definition) is 3. The van der Waals surface area contributed by atoms with Gasteiger partial charge in [0.1, 0.15) is 0 Å². The molecular formula is C15H16N2O3. The topological polar surface area (TPSA) is 71.3 Å². The van der Waals surface area contributed by atoms with E-state index < -0.39 is 5.91 Å². The van der Waals surface area contributed by atoms with E-state index in [-0.39, 0.29) is 18.2 Å². The Hall–Kier alpha value is -2.56. The van der Waals surface area contributed by atoms with Crippen LogP contribution in [0.15, 0.2) is 47.1 Å². The number of nitrogens with one attached hydrogen (secondary N) is 2. The summed E-state index contributed by atoms with van der Waals surface area (Å²) in [5.74, 6) is -0.503. The number of carbonyl (C=O) groups excluding carboxylic acids is 2. The molecule has 0 radical (unpaired) electrons. The summed E-state index contributed by atoms with van der Waals surface area (Å²) in [7, 11) is 0. The fraction of sp³-hybridized carbons (Fsp3) is 0.200. The Labute approximate surface area is 117 Å². The second-order valence-electron chi connectivity index (χ2n) is 4.26. The summed E-state index contributed by atoms with van der Waals surface area (Å²) in [6, 6.07) is 10.8. The first kappa shape index (κ1) is 13.9. The van der Waals surface area contributed by atoms with Crippen molar-refractivity contribution in [2.45, 2.75) is 13.3 Å². The lowest BCUT2D eigenvalue weighted by atomic mass is 10.1. The van der Waals surface area contributed by atoms with Crippen molar-refractivity contribution in [2.24, 2.45) is 0 Å². The first-order valence-corrected chi connectivity index (χ1v) is 6.39. The van der Waals surface area contributed by atoms with Crippen LogP contribution in [-0.2, 0) is 11.2 Å². The van der Waals surface area contributed by atoms with Gasteiger partial charge in [-0.2, -0.15) is 0 Å². The highest BCUT2D eigenvalue weighted by molar-refractivity contribution is 5.98. The van der Waals surface area contributed by atoms with Crippen LogP contribution in [0, 0.1) is 0 Å². The van der Waals surface area contributed by atoms with Crippen LogP contribution < -0.4 is 10.6 Å². The Kier molecular flexibility index (Phi) is 4.55. The predicted molar refractivity (Wildman–Crippen MR) is 75.5 cm³/mol. The number of carbonyl (C=O) groups is 2. The van der Waals surface area contributed by atoms with E-state index >= 15 is 0 Å². The lowest BCUT2D eigenvalue weighted by molar-refractivity contribution is -0.115. The molecule has 5 nitrogen and oxygen atoms in total. The molecule has 1 aromatic carbocycles. The van der Waals surface area contributed by atoms with E-state index in [1.807, 2.05) is 31.2 Å². The van der Waals surface area contributed by atoms with E-state index in [0.717, 1.165) is 17.7 Å². The first-order chi connectivity index (χ1) is 9.69. The summed E-state index contributed by atoms with van der Waals surface area (Å²) in [5.41, 5.74) is 1.86. The Balaban J connectivity index is 1.85. The molecule has 0 unspecified atom stereocenters. The van der Waals surface area contributed by atoms with Gasteiger partial charge in [0.15, 0.2) is 5.76 Å². The lowest BCUT2D eigenvalue weighted by Gasteiger charge is -2.07. The average Bonchev–Trinajstić information content (AvgIpc) is 2.99. The summed E-state index contributed by atoms with van der Waals surface area (Å²) >= 11 is 0. The van der Waals surface area contributed by atoms with Gasteiger partial charge in [0, 0.05) is 5.69 Å². The molecule has 0 aliphatic carbocycles. The summed E-state index contributed by atoms with van der Waals surface area (Å²) in [6.45, 7) is 1.94. The maximum Gasteiger partial charge on any atom is 0.287 e. The normalized spacial score (nSPS) is 10.1. The fourth-order valence-corrected chi connectivity index (χ4v) is 1.73. The molecule has 2 rings (SSSR count). The van der Waals surface area contributed by atoms with Gasteiger partial charge in [-0.15, -0.1) is 0 Å². The molecule has 2 amide bonds. The molecule has 0 fully saturated rings. The van der Waals surface area contributed by atoms with E-state index in [0.29, 0.717) is 0 Å². The van der Waals surface area contributed by atoms with Crippen molar-refractivity contribution in [3.63, 3.8) is 0 Å². The Morgan fingerprint density at radius 3 is 2.75 bits per heavy atom. The maximum atomic E-state index is 11.7. The van der Waals surface area contributed by atoms with E-state index in [1.54, 1.807) is 6.07 Å². The van der Waals surface area contributed by atoms with Gasteiger partial charge >= 0.3 is 0 Å². The summed E-state index contributed by atoms with van der Waals surface area (Å²) in [6.07, 6.45) is 2.31. The first-order valence-electron chi connectivity index (χ1n) is 6.39. The zero-order valence-electron chi connectivity index (χ0n) is 11.2. The lowest BCUT2D eigenvalue weighted by Crippen LogP contribution is -2.32. The minimum Gasteiger partial charge on any atom is -0.459 e. The van der Waals surface area contributed by atoms with E-state index in [1.165, 1.54) is 12.3 Å². The van der Waals surface area contributed by atoms with Crippen molar-refractivity contribution in [2.75, 3.05) is 11.9 Å². The molecule has 2 aromatic rings. The number of benzene rings is 1. The summed E-state index contributed by atoms with van der Waals surface area (Å²) in [4.78, 5) is 23.3. The molecule has 2 N–H and O–H groups in total. The third kappa shape index (κ3) is 3.71. The molecule has 104 valence electrons. The zero-order chi connectivity index (χ0) is 14.4. The largest absolute Gasteiger partial charge is 0.459 e. The van der Waals surface area contributed by atoms with Crippen LogP contribution >= 0.6 is 0 Å². The molecule has 0 spiro atoms. The van der Waals surface area contributed by atoms with Crippen LogP contribution in [0.25, 0.3) is 0 Å². The monoisotopic (exact) mass is 272 g/mol. The number of aryl methyl sites for hydroxylation is 1. The van der Waals surface area contributed by atoms with Gasteiger partial charge < -0.3 is 15.1 Å². The summed E-state index contributed by atoms with van der Waals surface area (Å²) < 4.78 is 4.93. The van der Waals surface area contributed by atoms with Gasteiger partial charge in [0.2, 0.25) is 5.91 Å². The van der Waals surface area contributed by atoms with Crippen LogP contribution in [0.5, 0.6) is 0 Å². The second-order valence-corrected chi connectivity index (χ2v) is 4.26. The van der Waals surface area contributed by atoms with E-state index in [2.05, 4.69) is 10.6 Å². The van der Waals surface area contributed by atoms with Gasteiger partial charge in [-0.25, -0.2) is 0 Å². The van der Waals surface area contributed by atoms with Crippen molar-refractivity contribution < 1.29 is 14.0 Å². The molecule has 1 heterocycles. The Morgan fingerprint density at radius 2 is 2.05 bits per heavy atom. The third-order valence-electron chi connectivity index (χ3n) is 2.77. The number of rotatable bonds is 5. The minimum atomic E-state index is -0.410. The van der Waals surface area contributed by atoms with Crippen LogP contribution in [0.1, 0.15) is 23.0 Å². The highest BCUT2D eigenvalue weighted by Gasteiger charge is 2.10. The molecule has 0 aliphatic heterocycles. The molecule has 1 aromatic heterocycles. The predicted octanol–water partition coefficient (Wildman–Crippen LogP) is 2.21. The standard InChI is InChI=1S/C15H16N2O3/c1-2-11-5-3-6-12(9-11)17-14(18)10-16-15(19)13-7-4-8-20-13/h3-9H,2,10H2,1H3,(H,16,19)(H,17,18). The van der Waals surface area contributed by atoms with Crippen molar-refractivity contribution in [1.29, 1.82) is 0 Å². The van der Waals surface area contributed by atoms with Crippen molar-refractivity contribution in [3.8, 4) is 0 Å². The number of hydrogen-bond donors (Lipinski definition) is 2. The molecule has 0 atom stereocenters. The molecular weight excluding hydrogens is 256 g/mol. The van der Waals surface area contributed by atoms with Gasteiger partial charge in [0.25, 0.3) is 5.91 Å². The van der Waals surface area contributed by atoms with Gasteiger partial charge in [0.05, 0.1) is 12.8 Å². The molecule has 20 heavy (non-hydrogen) atoms. The van der Waals surface area contributed by atoms with Crippen molar-refractivity contribution in [3.05, 3.63) is 54.0 Å². The van der Waals surface area contributed by atoms with Crippen LogP contribution in [0.3, 0.4) is 0 Å². The zero-order valence-corrected chi connectivity index (χ0v) is 11.2. The van der Waals surface area contributed by atoms with Crippen LogP contribution in [-0.4, -0.2) is 18.4 Å². The Bertz CT molecular complexity index is 591. The molecule has 5 heteroatoms. The second kappa shape index (κ2) is 6.56. The fourth-order valence-electron chi connectivity index (χ4n) is 1.73. The van der Waals surface area contributed by atoms with Gasteiger partial charge in [-0.3, -0.25) is 9.59 Å². The smallest absolute Gasteiger partial charge is 0.287 e. The van der Waals surface area contributed by atoms with Crippen molar-refractivity contribution in [1.82, 2.24) is 5.32 Å². The van der Waals surface area contributed by atoms with E-state index in [9.17, 15) is 9.59 Å². The average molecular weight is 272 g/mol. The molecule has 0 saturated heterocycles. The SMILES string of the molecule is CCc1cccc(NC(=O)CNC(=O)c2ccco2)c1. The quantitative estimate of drug-likeness (QED) is 0.876. The number of furan rings is 1. The van der Waals surface area contributed by atoms with Crippen LogP contribution in [0.4, 0.5) is 5.69 Å². The van der Waals surface area contributed by atoms with Crippen molar-refractivity contribution >= 4 is 17.5 Å². The minimum absolute atomic E-state index is 0.101.